The molecule has 2 aromatic rings. The van der Waals surface area contributed by atoms with Crippen LogP contribution in [0.5, 0.6) is 5.75 Å². The van der Waals surface area contributed by atoms with Crippen LogP contribution in [0.2, 0.25) is 0 Å². The summed E-state index contributed by atoms with van der Waals surface area (Å²) in [5, 5.41) is 13.6. The summed E-state index contributed by atoms with van der Waals surface area (Å²) in [5.41, 5.74) is -0.537. The lowest BCUT2D eigenvalue weighted by Crippen LogP contribution is -2.53. The number of sulfone groups is 1. The van der Waals surface area contributed by atoms with E-state index in [2.05, 4.69) is 5.32 Å². The number of rotatable bonds is 6. The summed E-state index contributed by atoms with van der Waals surface area (Å²) in [6.45, 7) is 3.43. The number of ether oxygens (including phenoxy) is 1. The average molecular weight is 438 g/mol. The van der Waals surface area contributed by atoms with Gasteiger partial charge < -0.3 is 15.2 Å². The highest BCUT2D eigenvalue weighted by molar-refractivity contribution is 7.91. The number of fused-ring (bicyclic) bond motifs is 1. The molecule has 0 spiro atoms. The Morgan fingerprint density at radius 2 is 1.86 bits per heavy atom. The number of aliphatic hydroxyl groups excluding tert-OH is 1. The number of carbonyl (C=O) groups excluding carboxylic acids is 1. The van der Waals surface area contributed by atoms with E-state index in [1.165, 1.54) is 24.3 Å². The normalized spacial score (nSPS) is 20.4. The van der Waals surface area contributed by atoms with Gasteiger partial charge in [-0.1, -0.05) is 18.2 Å². The zero-order valence-corrected chi connectivity index (χ0v) is 17.8. The van der Waals surface area contributed by atoms with Crippen LogP contribution in [0.3, 0.4) is 0 Å². The minimum Gasteiger partial charge on any atom is -0.485 e. The Balaban J connectivity index is 2.03. The molecular weight excluding hydrogens is 414 g/mol. The topological polar surface area (TPSA) is 92.7 Å². The highest BCUT2D eigenvalue weighted by Gasteiger charge is 2.44. The van der Waals surface area contributed by atoms with E-state index in [9.17, 15) is 18.3 Å². The molecule has 1 amide bonds. The first-order valence-corrected chi connectivity index (χ1v) is 11.3. The average Bonchev–Trinajstić information content (AvgIpc) is 2.70. The highest BCUT2D eigenvalue weighted by Crippen LogP contribution is 2.41. The summed E-state index contributed by atoms with van der Waals surface area (Å²) in [4.78, 5) is 12.5. The smallest absolute Gasteiger partial charge is 0.220 e. The van der Waals surface area contributed by atoms with E-state index in [-0.39, 0.29) is 22.1 Å². The molecule has 0 bridgehead atoms. The first-order chi connectivity index (χ1) is 13.7. The number of halogens is 1. The van der Waals surface area contributed by atoms with Crippen molar-refractivity contribution in [1.82, 2.24) is 5.32 Å². The molecule has 156 valence electrons. The van der Waals surface area contributed by atoms with E-state index >= 15 is 0 Å². The second-order valence-corrected chi connectivity index (χ2v) is 9.83. The van der Waals surface area contributed by atoms with Gasteiger partial charge in [0.1, 0.15) is 17.5 Å². The van der Waals surface area contributed by atoms with Crippen LogP contribution in [-0.4, -0.2) is 37.0 Å². The minimum absolute atomic E-state index is 0.0676. The van der Waals surface area contributed by atoms with Gasteiger partial charge >= 0.3 is 0 Å². The van der Waals surface area contributed by atoms with Crippen molar-refractivity contribution < 1.29 is 23.1 Å². The Morgan fingerprint density at radius 3 is 2.52 bits per heavy atom. The number of amides is 1. The summed E-state index contributed by atoms with van der Waals surface area (Å²) < 4.78 is 31.9. The number of carbonyl (C=O) groups is 1. The monoisotopic (exact) mass is 437 g/mol. The molecule has 8 heteroatoms. The quantitative estimate of drug-likeness (QED) is 0.677. The summed E-state index contributed by atoms with van der Waals surface area (Å²) >= 11 is 5.66. The summed E-state index contributed by atoms with van der Waals surface area (Å²) in [7, 11) is -3.75. The Bertz CT molecular complexity index is 991. The molecule has 0 unspecified atom stereocenters. The van der Waals surface area contributed by atoms with Crippen LogP contribution in [0.1, 0.15) is 38.3 Å². The van der Waals surface area contributed by atoms with E-state index in [1.807, 2.05) is 0 Å². The van der Waals surface area contributed by atoms with Crippen molar-refractivity contribution in [1.29, 1.82) is 0 Å². The van der Waals surface area contributed by atoms with Crippen LogP contribution < -0.4 is 10.1 Å². The summed E-state index contributed by atoms with van der Waals surface area (Å²) in [6.07, 6.45) is -0.346. The molecule has 0 radical (unpaired) electrons. The molecule has 3 rings (SSSR count). The van der Waals surface area contributed by atoms with Gasteiger partial charge in [-0.2, -0.15) is 0 Å². The molecule has 2 N–H and O–H groups in total. The van der Waals surface area contributed by atoms with Crippen LogP contribution >= 0.6 is 11.6 Å². The van der Waals surface area contributed by atoms with Crippen molar-refractivity contribution in [2.75, 3.05) is 5.88 Å². The molecule has 0 saturated carbocycles. The van der Waals surface area contributed by atoms with Gasteiger partial charge in [0.25, 0.3) is 0 Å². The maximum absolute atomic E-state index is 13.0. The lowest BCUT2D eigenvalue weighted by molar-refractivity contribution is -0.125. The Labute approximate surface area is 175 Å². The molecule has 6 nitrogen and oxygen atoms in total. The van der Waals surface area contributed by atoms with Gasteiger partial charge in [-0.15, -0.1) is 11.6 Å². The fraction of sp³-hybridized carbons (Fsp3) is 0.381. The molecule has 1 aliphatic rings. The van der Waals surface area contributed by atoms with Crippen molar-refractivity contribution in [3.63, 3.8) is 0 Å². The van der Waals surface area contributed by atoms with Gasteiger partial charge in [0.2, 0.25) is 15.7 Å². The molecule has 2 aromatic carbocycles. The van der Waals surface area contributed by atoms with Gasteiger partial charge in [0, 0.05) is 17.9 Å². The Kier molecular flexibility index (Phi) is 6.22. The molecule has 29 heavy (non-hydrogen) atoms. The van der Waals surface area contributed by atoms with E-state index in [0.29, 0.717) is 23.6 Å². The maximum atomic E-state index is 13.0. The largest absolute Gasteiger partial charge is 0.485 e. The van der Waals surface area contributed by atoms with Crippen LogP contribution in [0.25, 0.3) is 0 Å². The number of hydrogen-bond donors (Lipinski definition) is 2. The van der Waals surface area contributed by atoms with Crippen molar-refractivity contribution >= 4 is 27.3 Å². The molecular formula is C21H24ClNO5S. The molecule has 0 aliphatic carbocycles. The second-order valence-electron chi connectivity index (χ2n) is 7.50. The predicted octanol–water partition coefficient (Wildman–Crippen LogP) is 3.23. The van der Waals surface area contributed by atoms with E-state index < -0.39 is 27.6 Å². The summed E-state index contributed by atoms with van der Waals surface area (Å²) in [6, 6.07) is 11.8. The third-order valence-corrected chi connectivity index (χ3v) is 6.97. The zero-order chi connectivity index (χ0) is 21.2. The standard InChI is InChI=1S/C21H24ClNO5S/c1-21(2)20(25)19(23-18(24)9-6-12-22)16-13-15(10-11-17(16)28-21)29(26,27)14-7-4-3-5-8-14/h3-5,7-8,10-11,13,19-20,25H,6,9,12H2,1-2H3,(H,23,24)/t19-,20+/m1/s1. The third-order valence-electron chi connectivity index (χ3n) is 4.94. The first-order valence-electron chi connectivity index (χ1n) is 9.33. The highest BCUT2D eigenvalue weighted by atomic mass is 35.5. The summed E-state index contributed by atoms with van der Waals surface area (Å²) in [5.74, 6) is 0.510. The molecule has 1 heterocycles. The maximum Gasteiger partial charge on any atom is 0.220 e. The van der Waals surface area contributed by atoms with Crippen LogP contribution in [-0.2, 0) is 14.6 Å². The van der Waals surface area contributed by atoms with Crippen molar-refractivity contribution in [2.24, 2.45) is 0 Å². The number of nitrogens with one attached hydrogen (secondary N) is 1. The fourth-order valence-corrected chi connectivity index (χ4v) is 4.76. The Morgan fingerprint density at radius 1 is 1.17 bits per heavy atom. The fourth-order valence-electron chi connectivity index (χ4n) is 3.31. The van der Waals surface area contributed by atoms with E-state index in [4.69, 9.17) is 16.3 Å². The zero-order valence-electron chi connectivity index (χ0n) is 16.3. The van der Waals surface area contributed by atoms with Crippen molar-refractivity contribution in [3.8, 4) is 5.75 Å². The number of alkyl halides is 1. The number of benzene rings is 2. The van der Waals surface area contributed by atoms with Crippen molar-refractivity contribution in [2.45, 2.75) is 54.2 Å². The van der Waals surface area contributed by atoms with Gasteiger partial charge in [0.15, 0.2) is 0 Å². The van der Waals surface area contributed by atoms with Crippen LogP contribution in [0.15, 0.2) is 58.3 Å². The van der Waals surface area contributed by atoms with Gasteiger partial charge in [-0.25, -0.2) is 8.42 Å². The number of hydrogen-bond acceptors (Lipinski definition) is 5. The van der Waals surface area contributed by atoms with Crippen molar-refractivity contribution in [3.05, 3.63) is 54.1 Å². The molecule has 0 aromatic heterocycles. The van der Waals surface area contributed by atoms with E-state index in [0.717, 1.165) is 0 Å². The predicted molar refractivity (Wildman–Crippen MR) is 110 cm³/mol. The third kappa shape index (κ3) is 4.42. The Hall–Kier alpha value is -2.09. The molecule has 0 fully saturated rings. The molecule has 0 saturated heterocycles. The van der Waals surface area contributed by atoms with Gasteiger partial charge in [-0.05, 0) is 50.6 Å². The second kappa shape index (κ2) is 8.34. The lowest BCUT2D eigenvalue weighted by Gasteiger charge is -2.42. The first kappa shape index (κ1) is 21.6. The van der Waals surface area contributed by atoms with Gasteiger partial charge in [-0.3, -0.25) is 4.79 Å². The molecule has 2 atom stereocenters. The van der Waals surface area contributed by atoms with Crippen LogP contribution in [0.4, 0.5) is 0 Å². The SMILES string of the molecule is CC1(C)Oc2ccc(S(=O)(=O)c3ccccc3)cc2[C@@H](NC(=O)CCCCl)[C@@H]1O. The minimum atomic E-state index is -3.75. The number of aliphatic hydroxyl groups is 1. The van der Waals surface area contributed by atoms with Crippen LogP contribution in [0, 0.1) is 0 Å². The van der Waals surface area contributed by atoms with E-state index in [1.54, 1.807) is 38.1 Å². The van der Waals surface area contributed by atoms with Gasteiger partial charge in [0.05, 0.1) is 15.8 Å². The molecule has 1 aliphatic heterocycles. The lowest BCUT2D eigenvalue weighted by atomic mass is 9.86.